The molecule has 0 saturated heterocycles. The lowest BCUT2D eigenvalue weighted by Crippen LogP contribution is -2.31. The van der Waals surface area contributed by atoms with E-state index in [2.05, 4.69) is 18.8 Å². The van der Waals surface area contributed by atoms with E-state index in [-0.39, 0.29) is 12.5 Å². The van der Waals surface area contributed by atoms with E-state index in [1.165, 1.54) is 0 Å². The lowest BCUT2D eigenvalue weighted by molar-refractivity contribution is 0.0762. The maximum atomic E-state index is 12.4. The van der Waals surface area contributed by atoms with E-state index >= 15 is 0 Å². The fourth-order valence-corrected chi connectivity index (χ4v) is 2.13. The molecule has 0 aromatic heterocycles. The number of carbonyl (C=O) groups excluding carboxylic acids is 1. The predicted octanol–water partition coefficient (Wildman–Crippen LogP) is 3.34. The number of unbranched alkanes of at least 4 members (excludes halogenated alkanes) is 1. The first-order chi connectivity index (χ1) is 10.1. The molecule has 0 unspecified atom stereocenters. The standard InChI is InChI=1S/C17H22ClNO2/c1-3-5-11-19(4-2)17(21)15-10-9-14(16(18)13-15)8-6-7-12-20/h9-10,13,20H,3-5,7,11-12H2,1-2H3. The number of aliphatic hydroxyl groups excluding tert-OH is 1. The monoisotopic (exact) mass is 307 g/mol. The summed E-state index contributed by atoms with van der Waals surface area (Å²) >= 11 is 6.17. The minimum absolute atomic E-state index is 0.00252. The van der Waals surface area contributed by atoms with Crippen molar-refractivity contribution in [3.05, 3.63) is 34.3 Å². The Labute approximate surface area is 131 Å². The Balaban J connectivity index is 2.87. The number of aliphatic hydroxyl groups is 1. The van der Waals surface area contributed by atoms with Gasteiger partial charge in [-0.15, -0.1) is 0 Å². The number of carbonyl (C=O) groups is 1. The van der Waals surface area contributed by atoms with Crippen molar-refractivity contribution in [3.8, 4) is 11.8 Å². The molecule has 0 bridgehead atoms. The van der Waals surface area contributed by atoms with Gasteiger partial charge >= 0.3 is 0 Å². The van der Waals surface area contributed by atoms with Crippen molar-refractivity contribution in [1.82, 2.24) is 4.90 Å². The molecule has 1 aromatic carbocycles. The third-order valence-electron chi connectivity index (χ3n) is 3.13. The maximum Gasteiger partial charge on any atom is 0.253 e. The zero-order chi connectivity index (χ0) is 15.7. The molecule has 4 heteroatoms. The third-order valence-corrected chi connectivity index (χ3v) is 3.44. The van der Waals surface area contributed by atoms with Gasteiger partial charge in [0, 0.05) is 30.6 Å². The van der Waals surface area contributed by atoms with E-state index in [1.807, 2.05) is 11.8 Å². The van der Waals surface area contributed by atoms with Gasteiger partial charge in [-0.2, -0.15) is 0 Å². The molecule has 0 radical (unpaired) electrons. The summed E-state index contributed by atoms with van der Waals surface area (Å²) in [6.07, 6.45) is 2.47. The van der Waals surface area contributed by atoms with E-state index < -0.39 is 0 Å². The quantitative estimate of drug-likeness (QED) is 0.819. The molecule has 0 saturated carbocycles. The molecule has 0 heterocycles. The SMILES string of the molecule is CCCCN(CC)C(=O)c1ccc(C#CCCO)c(Cl)c1. The summed E-state index contributed by atoms with van der Waals surface area (Å²) in [5.74, 6) is 5.72. The van der Waals surface area contributed by atoms with Gasteiger partial charge in [-0.3, -0.25) is 4.79 Å². The van der Waals surface area contributed by atoms with Crippen LogP contribution in [0.4, 0.5) is 0 Å². The van der Waals surface area contributed by atoms with Crippen LogP contribution >= 0.6 is 11.6 Å². The molecule has 3 nitrogen and oxygen atoms in total. The number of hydrogen-bond acceptors (Lipinski definition) is 2. The number of benzene rings is 1. The van der Waals surface area contributed by atoms with Gasteiger partial charge in [0.1, 0.15) is 0 Å². The molecule has 0 atom stereocenters. The highest BCUT2D eigenvalue weighted by Gasteiger charge is 2.14. The first-order valence-electron chi connectivity index (χ1n) is 7.32. The average molecular weight is 308 g/mol. The Kier molecular flexibility index (Phi) is 7.89. The van der Waals surface area contributed by atoms with Crippen LogP contribution in [-0.2, 0) is 0 Å². The van der Waals surface area contributed by atoms with Gasteiger partial charge in [0.15, 0.2) is 0 Å². The second kappa shape index (κ2) is 9.44. The summed E-state index contributed by atoms with van der Waals surface area (Å²) in [4.78, 5) is 14.2. The van der Waals surface area contributed by atoms with Crippen LogP contribution in [0, 0.1) is 11.8 Å². The Hall–Kier alpha value is -1.50. The molecule has 114 valence electrons. The zero-order valence-electron chi connectivity index (χ0n) is 12.7. The number of rotatable bonds is 6. The van der Waals surface area contributed by atoms with Crippen LogP contribution in [-0.4, -0.2) is 35.6 Å². The average Bonchev–Trinajstić information content (AvgIpc) is 2.49. The largest absolute Gasteiger partial charge is 0.395 e. The van der Waals surface area contributed by atoms with Crippen molar-refractivity contribution < 1.29 is 9.90 Å². The minimum atomic E-state index is 0.00252. The highest BCUT2D eigenvalue weighted by Crippen LogP contribution is 2.18. The summed E-state index contributed by atoms with van der Waals surface area (Å²) in [6.45, 7) is 5.57. The second-order valence-electron chi connectivity index (χ2n) is 4.71. The van der Waals surface area contributed by atoms with Gasteiger partial charge in [-0.25, -0.2) is 0 Å². The molecule has 0 fully saturated rings. The van der Waals surface area contributed by atoms with E-state index in [0.717, 1.165) is 19.4 Å². The minimum Gasteiger partial charge on any atom is -0.395 e. The molecule has 0 aliphatic rings. The first-order valence-corrected chi connectivity index (χ1v) is 7.70. The highest BCUT2D eigenvalue weighted by atomic mass is 35.5. The van der Waals surface area contributed by atoms with Gasteiger partial charge in [-0.1, -0.05) is 36.8 Å². The molecule has 0 aliphatic heterocycles. The summed E-state index contributed by atoms with van der Waals surface area (Å²) in [5.41, 5.74) is 1.27. The Morgan fingerprint density at radius 2 is 2.14 bits per heavy atom. The molecular weight excluding hydrogens is 286 g/mol. The molecule has 1 aromatic rings. The van der Waals surface area contributed by atoms with Gasteiger partial charge < -0.3 is 10.0 Å². The lowest BCUT2D eigenvalue weighted by Gasteiger charge is -2.20. The van der Waals surface area contributed by atoms with Crippen LogP contribution in [0.5, 0.6) is 0 Å². The van der Waals surface area contributed by atoms with Crippen LogP contribution in [0.3, 0.4) is 0 Å². The van der Waals surface area contributed by atoms with Crippen molar-refractivity contribution in [1.29, 1.82) is 0 Å². The number of amides is 1. The number of halogens is 1. The van der Waals surface area contributed by atoms with E-state index in [1.54, 1.807) is 18.2 Å². The van der Waals surface area contributed by atoms with Gasteiger partial charge in [-0.05, 0) is 31.5 Å². The zero-order valence-corrected chi connectivity index (χ0v) is 13.4. The van der Waals surface area contributed by atoms with Gasteiger partial charge in [0.25, 0.3) is 5.91 Å². The van der Waals surface area contributed by atoms with Gasteiger partial charge in [0.2, 0.25) is 0 Å². The van der Waals surface area contributed by atoms with E-state index in [9.17, 15) is 4.79 Å². The van der Waals surface area contributed by atoms with Gasteiger partial charge in [0.05, 0.1) is 11.6 Å². The van der Waals surface area contributed by atoms with E-state index in [4.69, 9.17) is 16.7 Å². The number of hydrogen-bond donors (Lipinski definition) is 1. The van der Waals surface area contributed by atoms with Crippen LogP contribution in [0.25, 0.3) is 0 Å². The van der Waals surface area contributed by atoms with Crippen LogP contribution in [0.1, 0.15) is 49.0 Å². The third kappa shape index (κ3) is 5.41. The fraction of sp³-hybridized carbons (Fsp3) is 0.471. The summed E-state index contributed by atoms with van der Waals surface area (Å²) in [5, 5.41) is 9.17. The van der Waals surface area contributed by atoms with Crippen LogP contribution in [0.15, 0.2) is 18.2 Å². The smallest absolute Gasteiger partial charge is 0.253 e. The molecule has 1 rings (SSSR count). The molecule has 1 amide bonds. The maximum absolute atomic E-state index is 12.4. The molecule has 0 aliphatic carbocycles. The van der Waals surface area contributed by atoms with Crippen LogP contribution in [0.2, 0.25) is 5.02 Å². The molecule has 1 N–H and O–H groups in total. The highest BCUT2D eigenvalue weighted by molar-refractivity contribution is 6.32. The Morgan fingerprint density at radius 3 is 2.71 bits per heavy atom. The lowest BCUT2D eigenvalue weighted by atomic mass is 10.1. The predicted molar refractivity (Wildman–Crippen MR) is 86.5 cm³/mol. The van der Waals surface area contributed by atoms with Crippen molar-refractivity contribution in [3.63, 3.8) is 0 Å². The summed E-state index contributed by atoms with van der Waals surface area (Å²) in [7, 11) is 0. The van der Waals surface area contributed by atoms with Crippen molar-refractivity contribution in [2.24, 2.45) is 0 Å². The normalized spacial score (nSPS) is 9.90. The van der Waals surface area contributed by atoms with Crippen LogP contribution < -0.4 is 0 Å². The van der Waals surface area contributed by atoms with Crippen molar-refractivity contribution >= 4 is 17.5 Å². The molecule has 21 heavy (non-hydrogen) atoms. The Morgan fingerprint density at radius 1 is 1.38 bits per heavy atom. The number of nitrogens with zero attached hydrogens (tertiary/aromatic N) is 1. The van der Waals surface area contributed by atoms with Crippen molar-refractivity contribution in [2.45, 2.75) is 33.1 Å². The summed E-state index contributed by atoms with van der Waals surface area (Å²) in [6, 6.07) is 5.18. The topological polar surface area (TPSA) is 40.5 Å². The Bertz CT molecular complexity index is 531. The fourth-order valence-electron chi connectivity index (χ4n) is 1.90. The molecule has 0 spiro atoms. The first kappa shape index (κ1) is 17.6. The molecular formula is C17H22ClNO2. The van der Waals surface area contributed by atoms with E-state index in [0.29, 0.717) is 29.1 Å². The van der Waals surface area contributed by atoms with Crippen molar-refractivity contribution in [2.75, 3.05) is 19.7 Å². The second-order valence-corrected chi connectivity index (χ2v) is 5.12. The summed E-state index contributed by atoms with van der Waals surface area (Å²) < 4.78 is 0.